The van der Waals surface area contributed by atoms with E-state index in [1.807, 2.05) is 83.1 Å². The molecular weight excluding hydrogens is 584 g/mol. The Morgan fingerprint density at radius 2 is 0.864 bits per heavy atom. The van der Waals surface area contributed by atoms with Gasteiger partial charge in [-0.1, -0.05) is 41.5 Å². The lowest BCUT2D eigenvalue weighted by molar-refractivity contribution is -0.445. The summed E-state index contributed by atoms with van der Waals surface area (Å²) >= 11 is 0. The van der Waals surface area contributed by atoms with Crippen LogP contribution in [0.25, 0.3) is 0 Å². The lowest BCUT2D eigenvalue weighted by Crippen LogP contribution is -2.62. The highest BCUT2D eigenvalue weighted by molar-refractivity contribution is 4.99. The van der Waals surface area contributed by atoms with Crippen molar-refractivity contribution in [2.24, 2.45) is 10.8 Å². The molecule has 10 unspecified atom stereocenters. The molecule has 0 aromatic carbocycles. The highest BCUT2D eigenvalue weighted by Gasteiger charge is 2.70. The maximum Gasteiger partial charge on any atom is 0.315 e. The molecule has 14 nitrogen and oxygen atoms in total. The number of rotatable bonds is 6. The van der Waals surface area contributed by atoms with Crippen LogP contribution in [0.3, 0.4) is 0 Å². The van der Waals surface area contributed by atoms with E-state index < -0.39 is 71.7 Å². The molecule has 6 N–H and O–H groups in total. The van der Waals surface area contributed by atoms with Crippen LogP contribution in [0, 0.1) is 10.8 Å². The summed E-state index contributed by atoms with van der Waals surface area (Å²) in [5.41, 5.74) is -1.25. The Bertz CT molecular complexity index is 982. The highest BCUT2D eigenvalue weighted by atomic mass is 17.0. The second-order valence-electron chi connectivity index (χ2n) is 16.5. The standard InChI is InChI=1S/2C15H28O7/c1-12(2,3)7-9-15(18)21-11(16)14(17,22-15)10(20-9)8-19-13(4,5)6;1-12(2,3)7-9-14(17)11(16)21-15(18,22-14)10(20-9)8-19-13(4,5)6/h2*9-11,16-18H,7-8H2,1-6H3. The summed E-state index contributed by atoms with van der Waals surface area (Å²) < 4.78 is 43.4. The molecule has 44 heavy (non-hydrogen) atoms. The predicted molar refractivity (Wildman–Crippen MR) is 153 cm³/mol. The largest absolute Gasteiger partial charge is 0.373 e. The molecule has 4 rings (SSSR count). The monoisotopic (exact) mass is 640 g/mol. The van der Waals surface area contributed by atoms with Gasteiger partial charge in [0.1, 0.15) is 18.3 Å². The molecule has 0 aromatic rings. The van der Waals surface area contributed by atoms with E-state index in [0.29, 0.717) is 12.8 Å². The van der Waals surface area contributed by atoms with Gasteiger partial charge in [-0.15, -0.1) is 0 Å². The van der Waals surface area contributed by atoms with Gasteiger partial charge in [-0.3, -0.25) is 18.9 Å². The minimum Gasteiger partial charge on any atom is -0.373 e. The molecule has 4 aliphatic rings. The zero-order valence-corrected chi connectivity index (χ0v) is 28.2. The van der Waals surface area contributed by atoms with Crippen LogP contribution in [0.2, 0.25) is 0 Å². The fourth-order valence-corrected chi connectivity index (χ4v) is 5.04. The number of ether oxygens (including phenoxy) is 8. The lowest BCUT2D eigenvalue weighted by atomic mass is 9.85. The molecule has 4 fully saturated rings. The first-order valence-electron chi connectivity index (χ1n) is 15.1. The first-order valence-corrected chi connectivity index (χ1v) is 15.1. The van der Waals surface area contributed by atoms with Gasteiger partial charge in [0.05, 0.1) is 24.4 Å². The van der Waals surface area contributed by atoms with E-state index in [-0.39, 0.29) is 24.0 Å². The van der Waals surface area contributed by atoms with Crippen molar-refractivity contribution in [3.63, 3.8) is 0 Å². The molecule has 4 bridgehead atoms. The van der Waals surface area contributed by atoms with E-state index in [4.69, 9.17) is 37.9 Å². The number of hydrogen-bond donors (Lipinski definition) is 6. The third kappa shape index (κ3) is 8.86. The summed E-state index contributed by atoms with van der Waals surface area (Å²) in [6.07, 6.45) is -6.23. The first kappa shape index (κ1) is 37.9. The van der Waals surface area contributed by atoms with Crippen molar-refractivity contribution in [1.82, 2.24) is 0 Å². The molecule has 0 aliphatic carbocycles. The molecule has 10 atom stereocenters. The van der Waals surface area contributed by atoms with Crippen LogP contribution < -0.4 is 0 Å². The minimum absolute atomic E-state index is 0.00283. The zero-order valence-electron chi connectivity index (χ0n) is 28.2. The third-order valence-electron chi connectivity index (χ3n) is 7.21. The van der Waals surface area contributed by atoms with Crippen molar-refractivity contribution in [2.45, 2.75) is 168 Å². The van der Waals surface area contributed by atoms with Crippen molar-refractivity contribution < 1.29 is 68.5 Å². The van der Waals surface area contributed by atoms with Crippen molar-refractivity contribution in [3.8, 4) is 0 Å². The molecule has 0 amide bonds. The van der Waals surface area contributed by atoms with E-state index in [1.54, 1.807) is 0 Å². The van der Waals surface area contributed by atoms with Gasteiger partial charge in [-0.25, -0.2) is 0 Å². The Balaban J connectivity index is 0.000000240. The number of fused-ring (bicyclic) bond motifs is 4. The maximum atomic E-state index is 10.5. The summed E-state index contributed by atoms with van der Waals surface area (Å²) in [5.74, 6) is -8.65. The molecule has 4 heterocycles. The van der Waals surface area contributed by atoms with Crippen LogP contribution in [-0.2, 0) is 37.9 Å². The molecule has 4 aliphatic heterocycles. The van der Waals surface area contributed by atoms with E-state index >= 15 is 0 Å². The predicted octanol–water partition coefficient (Wildman–Crippen LogP) is 1.41. The lowest BCUT2D eigenvalue weighted by Gasteiger charge is -2.44. The SMILES string of the molecule is CC(C)(C)CC1OC(COC(C)(C)C)C2(O)OC(O)C1(O)O2.CC(C)(C)CC1OC(COC(C)(C)C)C2(O)OC1(O)OC2O. The second kappa shape index (κ2) is 12.2. The summed E-state index contributed by atoms with van der Waals surface area (Å²) in [6, 6.07) is 0. The van der Waals surface area contributed by atoms with Gasteiger partial charge >= 0.3 is 11.9 Å². The topological polar surface area (TPSA) is 195 Å². The fourth-order valence-electron chi connectivity index (χ4n) is 5.04. The van der Waals surface area contributed by atoms with Crippen LogP contribution in [0.4, 0.5) is 0 Å². The van der Waals surface area contributed by atoms with Crippen molar-refractivity contribution in [1.29, 1.82) is 0 Å². The molecule has 14 heteroatoms. The van der Waals surface area contributed by atoms with E-state index in [9.17, 15) is 30.6 Å². The van der Waals surface area contributed by atoms with Gasteiger partial charge in [0.2, 0.25) is 18.4 Å². The molecule has 0 spiro atoms. The van der Waals surface area contributed by atoms with Crippen molar-refractivity contribution >= 4 is 0 Å². The first-order chi connectivity index (χ1) is 19.5. The fraction of sp³-hybridized carbons (Fsp3) is 1.00. The van der Waals surface area contributed by atoms with Gasteiger partial charge in [0.25, 0.3) is 5.79 Å². The summed E-state index contributed by atoms with van der Waals surface area (Å²) in [6.45, 7) is 23.1. The average Bonchev–Trinajstić information content (AvgIpc) is 3.13. The number of aliphatic hydroxyl groups excluding tert-OH is 2. The molecule has 260 valence electrons. The molecule has 0 saturated carbocycles. The average molecular weight is 641 g/mol. The molecule has 4 saturated heterocycles. The summed E-state index contributed by atoms with van der Waals surface area (Å²) in [7, 11) is 0. The van der Waals surface area contributed by atoms with Gasteiger partial charge < -0.3 is 49.6 Å². The summed E-state index contributed by atoms with van der Waals surface area (Å²) in [5, 5.41) is 61.6. The van der Waals surface area contributed by atoms with Crippen molar-refractivity contribution in [2.75, 3.05) is 13.2 Å². The quantitative estimate of drug-likeness (QED) is 0.244. The molecule has 0 radical (unpaired) electrons. The van der Waals surface area contributed by atoms with Gasteiger partial charge in [-0.2, -0.15) is 0 Å². The van der Waals surface area contributed by atoms with Crippen molar-refractivity contribution in [3.05, 3.63) is 0 Å². The van der Waals surface area contributed by atoms with Crippen LogP contribution in [0.1, 0.15) is 95.9 Å². The maximum absolute atomic E-state index is 10.5. The van der Waals surface area contributed by atoms with Crippen LogP contribution >= 0.6 is 0 Å². The highest BCUT2D eigenvalue weighted by Crippen LogP contribution is 2.48. The number of hydrogen-bond acceptors (Lipinski definition) is 14. The van der Waals surface area contributed by atoms with Gasteiger partial charge in [0, 0.05) is 0 Å². The van der Waals surface area contributed by atoms with Crippen LogP contribution in [0.15, 0.2) is 0 Å². The molecular formula is C30H56O14. The second-order valence-corrected chi connectivity index (χ2v) is 16.5. The smallest absolute Gasteiger partial charge is 0.315 e. The van der Waals surface area contributed by atoms with Crippen LogP contribution in [0.5, 0.6) is 0 Å². The van der Waals surface area contributed by atoms with E-state index in [1.165, 1.54) is 0 Å². The Morgan fingerprint density at radius 1 is 0.523 bits per heavy atom. The molecule has 0 aromatic heterocycles. The normalized spacial score (nSPS) is 42.7. The zero-order chi connectivity index (χ0) is 33.9. The Morgan fingerprint density at radius 3 is 1.27 bits per heavy atom. The summed E-state index contributed by atoms with van der Waals surface area (Å²) in [4.78, 5) is 0. The van der Waals surface area contributed by atoms with Gasteiger partial charge in [0.15, 0.2) is 6.10 Å². The number of aliphatic hydroxyl groups is 6. The van der Waals surface area contributed by atoms with Crippen LogP contribution in [-0.4, -0.2) is 116 Å². The van der Waals surface area contributed by atoms with E-state index in [0.717, 1.165) is 0 Å². The Kier molecular flexibility index (Phi) is 10.5. The van der Waals surface area contributed by atoms with Gasteiger partial charge in [-0.05, 0) is 65.2 Å². The van der Waals surface area contributed by atoms with E-state index in [2.05, 4.69) is 0 Å². The minimum atomic E-state index is -2.23. The Hall–Kier alpha value is -0.560. The third-order valence-corrected chi connectivity index (χ3v) is 7.21. The Labute approximate surface area is 260 Å².